The molecule has 0 aliphatic carbocycles. The van der Waals surface area contributed by atoms with Crippen LogP contribution in [-0.4, -0.2) is 41.0 Å². The molecule has 35 heavy (non-hydrogen) atoms. The number of hydrazone groups is 1. The fourth-order valence-corrected chi connectivity index (χ4v) is 5.58. The number of hydrogen-bond acceptors (Lipinski definition) is 6. The van der Waals surface area contributed by atoms with Gasteiger partial charge in [0.15, 0.2) is 5.17 Å². The molecular formula is C26H30N4O4S. The summed E-state index contributed by atoms with van der Waals surface area (Å²) in [5, 5.41) is 8.28. The van der Waals surface area contributed by atoms with Gasteiger partial charge >= 0.3 is 0 Å². The molecule has 9 heteroatoms. The maximum atomic E-state index is 13.8. The second kappa shape index (κ2) is 9.37. The van der Waals surface area contributed by atoms with Crippen LogP contribution in [0, 0.1) is 0 Å². The molecule has 0 bridgehead atoms. The zero-order valence-electron chi connectivity index (χ0n) is 20.6. The number of hydrogen-bond donors (Lipinski definition) is 1. The molecular weight excluding hydrogens is 464 g/mol. The Labute approximate surface area is 209 Å². The lowest BCUT2D eigenvalue weighted by Crippen LogP contribution is -2.48. The number of carbonyl (C=O) groups excluding carboxylic acids is 3. The Bertz CT molecular complexity index is 1190. The van der Waals surface area contributed by atoms with Gasteiger partial charge in [-0.15, -0.1) is 5.10 Å². The van der Waals surface area contributed by atoms with Crippen LogP contribution < -0.4 is 15.0 Å². The predicted molar refractivity (Wildman–Crippen MR) is 137 cm³/mol. The number of nitrogens with zero attached hydrogens (tertiary/aromatic N) is 3. The van der Waals surface area contributed by atoms with Crippen LogP contribution in [0.5, 0.6) is 5.75 Å². The number of fused-ring (bicyclic) bond motifs is 2. The molecule has 2 aliphatic heterocycles. The first-order valence-electron chi connectivity index (χ1n) is 11.5. The van der Waals surface area contributed by atoms with E-state index in [0.717, 1.165) is 23.2 Å². The topological polar surface area (TPSA) is 91.3 Å². The van der Waals surface area contributed by atoms with Gasteiger partial charge in [-0.05, 0) is 47.4 Å². The fraction of sp³-hybridized carbons (Fsp3) is 0.385. The Hall–Kier alpha value is -3.33. The summed E-state index contributed by atoms with van der Waals surface area (Å²) >= 11 is 1.08. The molecule has 1 atom stereocenters. The number of nitrogens with one attached hydrogen (secondary N) is 1. The van der Waals surface area contributed by atoms with Crippen molar-refractivity contribution in [3.05, 3.63) is 59.7 Å². The average molecular weight is 495 g/mol. The van der Waals surface area contributed by atoms with E-state index >= 15 is 0 Å². The van der Waals surface area contributed by atoms with Crippen molar-refractivity contribution >= 4 is 40.3 Å². The van der Waals surface area contributed by atoms with Crippen molar-refractivity contribution in [1.82, 2.24) is 10.3 Å². The Balaban J connectivity index is 1.49. The van der Waals surface area contributed by atoms with Crippen LogP contribution >= 0.6 is 11.8 Å². The Kier molecular flexibility index (Phi) is 6.64. The normalized spacial score (nSPS) is 19.1. The molecule has 2 aromatic rings. The predicted octanol–water partition coefficient (Wildman–Crippen LogP) is 3.96. The number of amides is 3. The van der Waals surface area contributed by atoms with Crippen molar-refractivity contribution in [2.45, 2.75) is 51.3 Å². The highest BCUT2D eigenvalue weighted by molar-refractivity contribution is 8.15. The van der Waals surface area contributed by atoms with E-state index in [4.69, 9.17) is 4.74 Å². The number of anilines is 1. The molecule has 0 saturated carbocycles. The molecule has 0 radical (unpaired) electrons. The lowest BCUT2D eigenvalue weighted by molar-refractivity contribution is -0.139. The zero-order chi connectivity index (χ0) is 25.4. The van der Waals surface area contributed by atoms with Crippen molar-refractivity contribution in [2.75, 3.05) is 18.1 Å². The number of carbonyl (C=O) groups is 3. The number of rotatable bonds is 5. The Morgan fingerprint density at radius 2 is 1.77 bits per heavy atom. The molecule has 1 spiro atoms. The van der Waals surface area contributed by atoms with E-state index in [1.807, 2.05) is 36.4 Å². The monoisotopic (exact) mass is 494 g/mol. The smallest absolute Gasteiger partial charge is 0.270 e. The maximum absolute atomic E-state index is 13.8. The van der Waals surface area contributed by atoms with Gasteiger partial charge in [0.1, 0.15) is 5.75 Å². The maximum Gasteiger partial charge on any atom is 0.270 e. The highest BCUT2D eigenvalue weighted by Crippen LogP contribution is 2.54. The van der Waals surface area contributed by atoms with Crippen LogP contribution in [0.1, 0.15) is 52.2 Å². The summed E-state index contributed by atoms with van der Waals surface area (Å²) < 4.78 is 5.92. The number of thioether (sulfide) groups is 1. The third-order valence-corrected chi connectivity index (χ3v) is 7.16. The van der Waals surface area contributed by atoms with Gasteiger partial charge in [0, 0.05) is 26.0 Å². The largest absolute Gasteiger partial charge is 0.494 e. The third kappa shape index (κ3) is 4.65. The lowest BCUT2D eigenvalue weighted by Gasteiger charge is -2.29. The van der Waals surface area contributed by atoms with E-state index in [1.54, 1.807) is 4.90 Å². The van der Waals surface area contributed by atoms with Gasteiger partial charge in [-0.2, -0.15) is 5.01 Å². The minimum absolute atomic E-state index is 0.0769. The molecule has 3 amide bonds. The molecule has 0 fully saturated rings. The quantitative estimate of drug-likeness (QED) is 0.636. The molecule has 4 rings (SSSR count). The number of para-hydroxylation sites is 1. The molecule has 0 saturated heterocycles. The molecule has 0 aromatic heterocycles. The third-order valence-electron chi connectivity index (χ3n) is 5.92. The van der Waals surface area contributed by atoms with Crippen molar-refractivity contribution in [3.8, 4) is 5.75 Å². The van der Waals surface area contributed by atoms with Crippen LogP contribution in [0.4, 0.5) is 5.69 Å². The van der Waals surface area contributed by atoms with Crippen LogP contribution in [0.25, 0.3) is 0 Å². The first-order chi connectivity index (χ1) is 16.5. The van der Waals surface area contributed by atoms with E-state index in [0.29, 0.717) is 25.1 Å². The first kappa shape index (κ1) is 24.8. The molecule has 2 aromatic carbocycles. The summed E-state index contributed by atoms with van der Waals surface area (Å²) in [6.07, 6.45) is 0.599. The average Bonchev–Trinajstić information content (AvgIpc) is 3.28. The Morgan fingerprint density at radius 3 is 2.40 bits per heavy atom. The van der Waals surface area contributed by atoms with E-state index in [-0.39, 0.29) is 28.3 Å². The second-order valence-corrected chi connectivity index (χ2v) is 10.8. The van der Waals surface area contributed by atoms with Crippen LogP contribution in [0.3, 0.4) is 0 Å². The van der Waals surface area contributed by atoms with Gasteiger partial charge in [-0.25, -0.2) is 0 Å². The van der Waals surface area contributed by atoms with Crippen molar-refractivity contribution in [2.24, 2.45) is 5.10 Å². The summed E-state index contributed by atoms with van der Waals surface area (Å²) in [5.74, 6) is -0.187. The van der Waals surface area contributed by atoms with E-state index in [9.17, 15) is 14.4 Å². The van der Waals surface area contributed by atoms with Gasteiger partial charge in [-0.3, -0.25) is 14.4 Å². The van der Waals surface area contributed by atoms with Gasteiger partial charge in [0.2, 0.25) is 16.7 Å². The number of benzene rings is 2. The van der Waals surface area contributed by atoms with Crippen LogP contribution in [0.2, 0.25) is 0 Å². The SMILES string of the molecule is CC(=O)NC1=NN(C(C)=O)[C@@]2(S1)C(=O)N(CCCOc1ccc(C(C)(C)C)cc1)c1ccccc12. The van der Waals surface area contributed by atoms with Gasteiger partial charge in [0.25, 0.3) is 5.91 Å². The zero-order valence-corrected chi connectivity index (χ0v) is 21.4. The van der Waals surface area contributed by atoms with Crippen molar-refractivity contribution < 1.29 is 19.1 Å². The van der Waals surface area contributed by atoms with Gasteiger partial charge in [0.05, 0.1) is 12.3 Å². The minimum atomic E-state index is -1.37. The standard InChI is InChI=1S/C26H30N4O4S/c1-17(31)27-24-28-30(18(2)32)26(35-24)21-9-6-7-10-22(21)29(23(26)33)15-8-16-34-20-13-11-19(12-14-20)25(3,4)5/h6-7,9-14H,8,15-16H2,1-5H3,(H,27,28,31)/t26-/m0/s1. The molecule has 0 unspecified atom stereocenters. The lowest BCUT2D eigenvalue weighted by atomic mass is 9.87. The van der Waals surface area contributed by atoms with Crippen LogP contribution in [0.15, 0.2) is 53.6 Å². The van der Waals surface area contributed by atoms with E-state index < -0.39 is 4.87 Å². The van der Waals surface area contributed by atoms with Gasteiger partial charge < -0.3 is 15.0 Å². The number of amidine groups is 1. The second-order valence-electron chi connectivity index (χ2n) is 9.61. The summed E-state index contributed by atoms with van der Waals surface area (Å²) in [4.78, 5) is 38.2. The van der Waals surface area contributed by atoms with E-state index in [1.165, 1.54) is 24.4 Å². The Morgan fingerprint density at radius 1 is 1.09 bits per heavy atom. The molecule has 1 N–H and O–H groups in total. The summed E-state index contributed by atoms with van der Waals surface area (Å²) in [6.45, 7) is 10.1. The van der Waals surface area contributed by atoms with Crippen LogP contribution in [-0.2, 0) is 24.7 Å². The molecule has 2 heterocycles. The fourth-order valence-electron chi connectivity index (χ4n) is 4.25. The van der Waals surface area contributed by atoms with Crippen molar-refractivity contribution in [3.63, 3.8) is 0 Å². The molecule has 8 nitrogen and oxygen atoms in total. The minimum Gasteiger partial charge on any atom is -0.494 e. The highest BCUT2D eigenvalue weighted by atomic mass is 32.2. The number of ether oxygens (including phenoxy) is 1. The highest BCUT2D eigenvalue weighted by Gasteiger charge is 2.60. The summed E-state index contributed by atoms with van der Waals surface area (Å²) in [7, 11) is 0. The molecule has 2 aliphatic rings. The van der Waals surface area contributed by atoms with Gasteiger partial charge in [-0.1, -0.05) is 51.1 Å². The summed E-state index contributed by atoms with van der Waals surface area (Å²) in [6, 6.07) is 15.5. The molecule has 184 valence electrons. The summed E-state index contributed by atoms with van der Waals surface area (Å²) in [5.41, 5.74) is 2.71. The van der Waals surface area contributed by atoms with E-state index in [2.05, 4.69) is 43.3 Å². The van der Waals surface area contributed by atoms with Crippen molar-refractivity contribution in [1.29, 1.82) is 0 Å². The first-order valence-corrected chi connectivity index (χ1v) is 12.4.